The number of rotatable bonds is 3. The maximum atomic E-state index is 12.4. The summed E-state index contributed by atoms with van der Waals surface area (Å²) in [6.45, 7) is 4.59. The van der Waals surface area contributed by atoms with Gasteiger partial charge in [0.1, 0.15) is 6.67 Å². The zero-order valence-electron chi connectivity index (χ0n) is 11.5. The summed E-state index contributed by atoms with van der Waals surface area (Å²) < 4.78 is 12.4. The van der Waals surface area contributed by atoms with Crippen LogP contribution in [0, 0.1) is 0 Å². The SMILES string of the molecule is FCCN1CCN(C2CCCc3ccccc32)CC1. The monoisotopic (exact) mass is 262 g/mol. The van der Waals surface area contributed by atoms with E-state index in [0.717, 1.165) is 26.2 Å². The smallest absolute Gasteiger partial charge is 0.102 e. The Morgan fingerprint density at radius 1 is 1.11 bits per heavy atom. The van der Waals surface area contributed by atoms with Crippen molar-refractivity contribution in [3.8, 4) is 0 Å². The van der Waals surface area contributed by atoms with Gasteiger partial charge >= 0.3 is 0 Å². The molecule has 104 valence electrons. The van der Waals surface area contributed by atoms with Gasteiger partial charge in [-0.1, -0.05) is 24.3 Å². The number of nitrogens with zero attached hydrogens (tertiary/aromatic N) is 2. The fourth-order valence-electron chi connectivity index (χ4n) is 3.53. The Hall–Kier alpha value is -0.930. The number of hydrogen-bond acceptors (Lipinski definition) is 2. The lowest BCUT2D eigenvalue weighted by Gasteiger charge is -2.41. The third kappa shape index (κ3) is 2.82. The molecular formula is C16H23FN2. The molecule has 2 nitrogen and oxygen atoms in total. The molecule has 0 bridgehead atoms. The average Bonchev–Trinajstić information content (AvgIpc) is 2.48. The topological polar surface area (TPSA) is 6.48 Å². The highest BCUT2D eigenvalue weighted by atomic mass is 19.1. The fraction of sp³-hybridized carbons (Fsp3) is 0.625. The minimum atomic E-state index is -0.216. The molecule has 1 aromatic carbocycles. The molecule has 3 rings (SSSR count). The van der Waals surface area contributed by atoms with Crippen LogP contribution < -0.4 is 0 Å². The Morgan fingerprint density at radius 2 is 1.89 bits per heavy atom. The van der Waals surface area contributed by atoms with Crippen molar-refractivity contribution < 1.29 is 4.39 Å². The number of fused-ring (bicyclic) bond motifs is 1. The van der Waals surface area contributed by atoms with Crippen molar-refractivity contribution in [1.29, 1.82) is 0 Å². The number of alkyl halides is 1. The first-order chi connectivity index (χ1) is 9.38. The van der Waals surface area contributed by atoms with Gasteiger partial charge in [-0.2, -0.15) is 0 Å². The van der Waals surface area contributed by atoms with Crippen LogP contribution in [0.5, 0.6) is 0 Å². The Bertz CT molecular complexity index is 413. The van der Waals surface area contributed by atoms with Gasteiger partial charge in [-0.15, -0.1) is 0 Å². The summed E-state index contributed by atoms with van der Waals surface area (Å²) in [5.74, 6) is 0. The lowest BCUT2D eigenvalue weighted by molar-refractivity contribution is 0.0846. The molecule has 19 heavy (non-hydrogen) atoms. The van der Waals surface area contributed by atoms with Gasteiger partial charge in [0.15, 0.2) is 0 Å². The summed E-state index contributed by atoms with van der Waals surface area (Å²) in [6, 6.07) is 9.49. The van der Waals surface area contributed by atoms with E-state index in [-0.39, 0.29) is 6.67 Å². The van der Waals surface area contributed by atoms with Crippen LogP contribution in [-0.2, 0) is 6.42 Å². The minimum absolute atomic E-state index is 0.216. The van der Waals surface area contributed by atoms with Crippen LogP contribution >= 0.6 is 0 Å². The van der Waals surface area contributed by atoms with Crippen LogP contribution in [0.1, 0.15) is 30.0 Å². The molecule has 0 saturated carbocycles. The molecule has 0 radical (unpaired) electrons. The van der Waals surface area contributed by atoms with E-state index >= 15 is 0 Å². The summed E-state index contributed by atoms with van der Waals surface area (Å²) in [7, 11) is 0. The molecule has 0 N–H and O–H groups in total. The number of hydrogen-bond donors (Lipinski definition) is 0. The van der Waals surface area contributed by atoms with Crippen molar-refractivity contribution in [3.05, 3.63) is 35.4 Å². The Kier molecular flexibility index (Phi) is 4.14. The van der Waals surface area contributed by atoms with E-state index in [0.29, 0.717) is 12.6 Å². The lowest BCUT2D eigenvalue weighted by Crippen LogP contribution is -2.48. The normalized spacial score (nSPS) is 25.2. The molecule has 1 atom stereocenters. The van der Waals surface area contributed by atoms with Gasteiger partial charge in [-0.05, 0) is 30.4 Å². The maximum absolute atomic E-state index is 12.4. The van der Waals surface area contributed by atoms with Crippen molar-refractivity contribution in [2.75, 3.05) is 39.4 Å². The van der Waals surface area contributed by atoms with Crippen LogP contribution in [0.25, 0.3) is 0 Å². The van der Waals surface area contributed by atoms with E-state index in [1.807, 2.05) is 0 Å². The van der Waals surface area contributed by atoms with Crippen LogP contribution in [0.15, 0.2) is 24.3 Å². The molecule has 1 aliphatic carbocycles. The first-order valence-electron chi connectivity index (χ1n) is 7.48. The molecule has 0 spiro atoms. The van der Waals surface area contributed by atoms with Crippen LogP contribution in [0.4, 0.5) is 4.39 Å². The number of piperazine rings is 1. The summed E-state index contributed by atoms with van der Waals surface area (Å²) >= 11 is 0. The second kappa shape index (κ2) is 6.02. The standard InChI is InChI=1S/C16H23FN2/c17-8-9-18-10-12-19(13-11-18)16-7-3-5-14-4-1-2-6-15(14)16/h1-2,4,6,16H,3,5,7-13H2. The third-order valence-electron chi connectivity index (χ3n) is 4.59. The molecule has 0 amide bonds. The maximum Gasteiger partial charge on any atom is 0.102 e. The summed E-state index contributed by atoms with van der Waals surface area (Å²) in [5, 5.41) is 0. The molecule has 3 heteroatoms. The van der Waals surface area contributed by atoms with Gasteiger partial charge in [0.05, 0.1) is 0 Å². The van der Waals surface area contributed by atoms with Gasteiger partial charge in [-0.3, -0.25) is 9.80 Å². The lowest BCUT2D eigenvalue weighted by atomic mass is 9.86. The van der Waals surface area contributed by atoms with E-state index in [9.17, 15) is 4.39 Å². The summed E-state index contributed by atoms with van der Waals surface area (Å²) in [6.07, 6.45) is 3.81. The van der Waals surface area contributed by atoms with Gasteiger partial charge in [0, 0.05) is 38.8 Å². The van der Waals surface area contributed by atoms with Gasteiger partial charge in [0.2, 0.25) is 0 Å². The van der Waals surface area contributed by atoms with Crippen molar-refractivity contribution in [1.82, 2.24) is 9.80 Å². The average molecular weight is 262 g/mol. The van der Waals surface area contributed by atoms with E-state index in [1.54, 1.807) is 0 Å². The van der Waals surface area contributed by atoms with Gasteiger partial charge < -0.3 is 0 Å². The first kappa shape index (κ1) is 13.1. The number of aryl methyl sites for hydroxylation is 1. The zero-order valence-corrected chi connectivity index (χ0v) is 11.5. The number of halogens is 1. The van der Waals surface area contributed by atoms with Crippen LogP contribution in [-0.4, -0.2) is 49.2 Å². The Labute approximate surface area is 115 Å². The highest BCUT2D eigenvalue weighted by Crippen LogP contribution is 2.34. The predicted octanol–water partition coefficient (Wildman–Crippen LogP) is 2.65. The highest BCUT2D eigenvalue weighted by Gasteiger charge is 2.28. The molecule has 1 fully saturated rings. The molecule has 1 saturated heterocycles. The third-order valence-corrected chi connectivity index (χ3v) is 4.59. The summed E-state index contributed by atoms with van der Waals surface area (Å²) in [4.78, 5) is 4.85. The molecule has 1 aliphatic heterocycles. The second-order valence-corrected chi connectivity index (χ2v) is 5.67. The Morgan fingerprint density at radius 3 is 2.68 bits per heavy atom. The zero-order chi connectivity index (χ0) is 13.1. The van der Waals surface area contributed by atoms with Crippen molar-refractivity contribution in [2.24, 2.45) is 0 Å². The van der Waals surface area contributed by atoms with E-state index in [1.165, 1.54) is 30.4 Å². The molecule has 1 aromatic rings. The van der Waals surface area contributed by atoms with Gasteiger partial charge in [0.25, 0.3) is 0 Å². The van der Waals surface area contributed by atoms with Crippen LogP contribution in [0.2, 0.25) is 0 Å². The second-order valence-electron chi connectivity index (χ2n) is 5.67. The van der Waals surface area contributed by atoms with E-state index in [2.05, 4.69) is 34.1 Å². The minimum Gasteiger partial charge on any atom is -0.298 e. The van der Waals surface area contributed by atoms with Crippen molar-refractivity contribution in [2.45, 2.75) is 25.3 Å². The first-order valence-corrected chi connectivity index (χ1v) is 7.48. The van der Waals surface area contributed by atoms with Crippen LogP contribution in [0.3, 0.4) is 0 Å². The van der Waals surface area contributed by atoms with Crippen molar-refractivity contribution in [3.63, 3.8) is 0 Å². The number of benzene rings is 1. The molecule has 0 aromatic heterocycles. The van der Waals surface area contributed by atoms with E-state index in [4.69, 9.17) is 0 Å². The largest absolute Gasteiger partial charge is 0.298 e. The quantitative estimate of drug-likeness (QED) is 0.826. The molecular weight excluding hydrogens is 239 g/mol. The molecule has 1 heterocycles. The predicted molar refractivity (Wildman–Crippen MR) is 76.1 cm³/mol. The molecule has 2 aliphatic rings. The molecule has 1 unspecified atom stereocenters. The van der Waals surface area contributed by atoms with Crippen molar-refractivity contribution >= 4 is 0 Å². The van der Waals surface area contributed by atoms with Gasteiger partial charge in [-0.25, -0.2) is 4.39 Å². The fourth-order valence-corrected chi connectivity index (χ4v) is 3.53. The van der Waals surface area contributed by atoms with E-state index < -0.39 is 0 Å². The highest BCUT2D eigenvalue weighted by molar-refractivity contribution is 5.32. The summed E-state index contributed by atoms with van der Waals surface area (Å²) in [5.41, 5.74) is 3.07. The Balaban J connectivity index is 1.68.